The second-order valence-corrected chi connectivity index (χ2v) is 7.20. The van der Waals surface area contributed by atoms with E-state index in [-0.39, 0.29) is 24.1 Å². The minimum Gasteiger partial charge on any atom is -0.508 e. The van der Waals surface area contributed by atoms with Crippen molar-refractivity contribution >= 4 is 22.7 Å². The van der Waals surface area contributed by atoms with E-state index in [0.717, 1.165) is 0 Å². The number of halogens is 1. The number of fused-ring (bicyclic) bond motifs is 1. The van der Waals surface area contributed by atoms with Crippen molar-refractivity contribution in [2.45, 2.75) is 32.7 Å². The summed E-state index contributed by atoms with van der Waals surface area (Å²) in [7, 11) is 0. The Morgan fingerprint density at radius 2 is 1.93 bits per heavy atom. The number of anilines is 1. The van der Waals surface area contributed by atoms with Gasteiger partial charge in [0.15, 0.2) is 0 Å². The first kappa shape index (κ1) is 20.5. The van der Waals surface area contributed by atoms with Crippen LogP contribution in [0.1, 0.15) is 30.9 Å². The van der Waals surface area contributed by atoms with E-state index in [4.69, 9.17) is 0 Å². The summed E-state index contributed by atoms with van der Waals surface area (Å²) in [5.41, 5.74) is 2.96. The molecule has 0 saturated carbocycles. The highest BCUT2D eigenvalue weighted by Crippen LogP contribution is 2.40. The number of aliphatic carboxylic acids is 1. The lowest BCUT2D eigenvalue weighted by Crippen LogP contribution is -2.27. The third-order valence-corrected chi connectivity index (χ3v) is 4.94. The molecule has 6 nitrogen and oxygen atoms in total. The number of aryl methyl sites for hydroxylation is 1. The lowest BCUT2D eigenvalue weighted by atomic mass is 9.88. The molecule has 0 radical (unpaired) electrons. The van der Waals surface area contributed by atoms with E-state index in [1.165, 1.54) is 25.1 Å². The number of pyridine rings is 1. The molecule has 1 heterocycles. The Bertz CT molecular complexity index is 1080. The molecule has 3 aromatic rings. The first-order valence-corrected chi connectivity index (χ1v) is 9.26. The number of hydrogen-bond acceptors (Lipinski definition) is 5. The van der Waals surface area contributed by atoms with Crippen LogP contribution < -0.4 is 5.32 Å². The smallest absolute Gasteiger partial charge is 0.325 e. The second-order valence-electron chi connectivity index (χ2n) is 7.20. The standard InChI is InChI=1S/C22H23FN2O4/c1-11-8-14(4-7-17(11)23)20-16-6-5-15(27)9-18(16)25-21(19(20)12(2)10-26)24-13(3)22(28)29/h4-9,12-13,26-27H,10H2,1-3H3,(H,24,25)(H,28,29)/t12-,13-/m0/s1. The van der Waals surface area contributed by atoms with Crippen LogP contribution in [0.15, 0.2) is 36.4 Å². The largest absolute Gasteiger partial charge is 0.508 e. The first-order chi connectivity index (χ1) is 13.7. The van der Waals surface area contributed by atoms with E-state index in [1.54, 1.807) is 32.0 Å². The van der Waals surface area contributed by atoms with Crippen molar-refractivity contribution in [3.05, 3.63) is 53.3 Å². The molecule has 4 N–H and O–H groups in total. The maximum absolute atomic E-state index is 13.9. The molecule has 7 heteroatoms. The fourth-order valence-electron chi connectivity index (χ4n) is 3.33. The predicted octanol–water partition coefficient (Wildman–Crippen LogP) is 4.04. The minimum atomic E-state index is -1.05. The van der Waals surface area contributed by atoms with E-state index < -0.39 is 12.0 Å². The van der Waals surface area contributed by atoms with Gasteiger partial charge in [-0.3, -0.25) is 4.79 Å². The van der Waals surface area contributed by atoms with Gasteiger partial charge in [0.2, 0.25) is 0 Å². The summed E-state index contributed by atoms with van der Waals surface area (Å²) in [6.07, 6.45) is 0. The zero-order valence-corrected chi connectivity index (χ0v) is 16.4. The van der Waals surface area contributed by atoms with Gasteiger partial charge in [0.05, 0.1) is 5.52 Å². The number of rotatable bonds is 6. The summed E-state index contributed by atoms with van der Waals surface area (Å²) in [6.45, 7) is 4.77. The Kier molecular flexibility index (Phi) is 5.70. The highest BCUT2D eigenvalue weighted by atomic mass is 19.1. The monoisotopic (exact) mass is 398 g/mol. The molecule has 3 rings (SSSR count). The molecule has 29 heavy (non-hydrogen) atoms. The van der Waals surface area contributed by atoms with Crippen molar-refractivity contribution in [3.8, 4) is 16.9 Å². The van der Waals surface area contributed by atoms with Crippen molar-refractivity contribution in [1.29, 1.82) is 0 Å². The lowest BCUT2D eigenvalue weighted by Gasteiger charge is -2.23. The number of nitrogens with one attached hydrogen (secondary N) is 1. The van der Waals surface area contributed by atoms with Crippen LogP contribution in [-0.4, -0.2) is 38.9 Å². The quantitative estimate of drug-likeness (QED) is 0.500. The SMILES string of the molecule is Cc1cc(-c2c([C@@H](C)CO)c(N[C@@H](C)C(=O)O)nc3cc(O)ccc23)ccc1F. The van der Waals surface area contributed by atoms with Gasteiger partial charge in [-0.25, -0.2) is 9.37 Å². The number of phenolic OH excluding ortho intramolecular Hbond substituents is 1. The zero-order chi connectivity index (χ0) is 21.3. The third kappa shape index (κ3) is 4.00. The van der Waals surface area contributed by atoms with Gasteiger partial charge in [-0.15, -0.1) is 0 Å². The Hall–Kier alpha value is -3.19. The summed E-state index contributed by atoms with van der Waals surface area (Å²) in [5.74, 6) is -1.43. The van der Waals surface area contributed by atoms with Crippen LogP contribution in [0.25, 0.3) is 22.0 Å². The van der Waals surface area contributed by atoms with Crippen LogP contribution in [-0.2, 0) is 4.79 Å². The van der Waals surface area contributed by atoms with Crippen LogP contribution >= 0.6 is 0 Å². The minimum absolute atomic E-state index is 0.0198. The van der Waals surface area contributed by atoms with Crippen molar-refractivity contribution in [2.75, 3.05) is 11.9 Å². The average Bonchev–Trinajstić information content (AvgIpc) is 2.68. The van der Waals surface area contributed by atoms with E-state index >= 15 is 0 Å². The number of carbonyl (C=O) groups is 1. The number of aliphatic hydroxyl groups excluding tert-OH is 1. The third-order valence-electron chi connectivity index (χ3n) is 4.94. The molecule has 0 bridgehead atoms. The van der Waals surface area contributed by atoms with Crippen molar-refractivity contribution in [1.82, 2.24) is 4.98 Å². The number of carboxylic acids is 1. The number of aromatic nitrogens is 1. The molecule has 0 spiro atoms. The number of nitrogens with zero attached hydrogens (tertiary/aromatic N) is 1. The van der Waals surface area contributed by atoms with Gasteiger partial charge in [-0.1, -0.05) is 13.0 Å². The van der Waals surface area contributed by atoms with E-state index in [9.17, 15) is 24.5 Å². The molecule has 1 aromatic heterocycles. The van der Waals surface area contributed by atoms with Gasteiger partial charge in [-0.05, 0) is 54.8 Å². The van der Waals surface area contributed by atoms with Crippen molar-refractivity contribution in [3.63, 3.8) is 0 Å². The number of carboxylic acid groups (broad SMARTS) is 1. The molecule has 0 aliphatic rings. The van der Waals surface area contributed by atoms with Crippen LogP contribution in [0.4, 0.5) is 10.2 Å². The Morgan fingerprint density at radius 1 is 1.21 bits per heavy atom. The molecule has 0 unspecified atom stereocenters. The molecule has 0 amide bonds. The summed E-state index contributed by atoms with van der Waals surface area (Å²) in [5, 5.41) is 32.7. The van der Waals surface area contributed by atoms with Gasteiger partial charge in [0.1, 0.15) is 23.4 Å². The van der Waals surface area contributed by atoms with Crippen LogP contribution in [0, 0.1) is 12.7 Å². The Balaban J connectivity index is 2.40. The summed E-state index contributed by atoms with van der Waals surface area (Å²) in [6, 6.07) is 8.52. The highest BCUT2D eigenvalue weighted by molar-refractivity contribution is 5.99. The Morgan fingerprint density at radius 3 is 2.55 bits per heavy atom. The highest BCUT2D eigenvalue weighted by Gasteiger charge is 2.24. The maximum Gasteiger partial charge on any atom is 0.325 e. The molecular weight excluding hydrogens is 375 g/mol. The van der Waals surface area contributed by atoms with Gasteiger partial charge < -0.3 is 20.6 Å². The van der Waals surface area contributed by atoms with Crippen molar-refractivity contribution < 1.29 is 24.5 Å². The maximum atomic E-state index is 13.9. The normalized spacial score (nSPS) is 13.3. The van der Waals surface area contributed by atoms with Gasteiger partial charge in [0, 0.05) is 29.5 Å². The average molecular weight is 398 g/mol. The summed E-state index contributed by atoms with van der Waals surface area (Å²) in [4.78, 5) is 15.9. The molecule has 2 atom stereocenters. The Labute approximate surface area is 167 Å². The number of benzene rings is 2. The van der Waals surface area contributed by atoms with E-state index in [0.29, 0.717) is 39.0 Å². The fourth-order valence-corrected chi connectivity index (χ4v) is 3.33. The first-order valence-electron chi connectivity index (χ1n) is 9.26. The van der Waals surface area contributed by atoms with Gasteiger partial charge in [-0.2, -0.15) is 0 Å². The summed E-state index contributed by atoms with van der Waals surface area (Å²) >= 11 is 0. The number of aromatic hydroxyl groups is 1. The molecule has 2 aromatic carbocycles. The topological polar surface area (TPSA) is 103 Å². The van der Waals surface area contributed by atoms with Crippen molar-refractivity contribution in [2.24, 2.45) is 0 Å². The lowest BCUT2D eigenvalue weighted by molar-refractivity contribution is -0.137. The molecule has 0 saturated heterocycles. The van der Waals surface area contributed by atoms with Crippen LogP contribution in [0.3, 0.4) is 0 Å². The second kappa shape index (κ2) is 8.05. The summed E-state index contributed by atoms with van der Waals surface area (Å²) < 4.78 is 13.9. The van der Waals surface area contributed by atoms with Gasteiger partial charge in [0.25, 0.3) is 0 Å². The number of phenols is 1. The van der Waals surface area contributed by atoms with E-state index in [1.807, 2.05) is 0 Å². The molecular formula is C22H23FN2O4. The molecule has 0 aliphatic carbocycles. The zero-order valence-electron chi connectivity index (χ0n) is 16.4. The fraction of sp³-hybridized carbons (Fsp3) is 0.273. The van der Waals surface area contributed by atoms with Crippen LogP contribution in [0.5, 0.6) is 5.75 Å². The number of aliphatic hydroxyl groups is 1. The van der Waals surface area contributed by atoms with Gasteiger partial charge >= 0.3 is 5.97 Å². The van der Waals surface area contributed by atoms with Crippen LogP contribution in [0.2, 0.25) is 0 Å². The molecule has 0 fully saturated rings. The van der Waals surface area contributed by atoms with E-state index in [2.05, 4.69) is 10.3 Å². The predicted molar refractivity (Wildman–Crippen MR) is 110 cm³/mol. The number of hydrogen-bond donors (Lipinski definition) is 4. The molecule has 152 valence electrons. The molecule has 0 aliphatic heterocycles.